The van der Waals surface area contributed by atoms with Crippen molar-refractivity contribution < 1.29 is 14.3 Å². The standard InChI is InChI=1S/C19H24N2O3/c22-17-11-16(21(14-17)13-15-5-2-1-3-6-15)12-20-19(23)9-8-18-7-4-10-24-18/h1-7,10,16-17,22H,8-9,11-14H2,(H,20,23). The Morgan fingerprint density at radius 3 is 2.83 bits per heavy atom. The van der Waals surface area contributed by atoms with Gasteiger partial charge in [0.15, 0.2) is 0 Å². The van der Waals surface area contributed by atoms with Crippen LogP contribution in [0.1, 0.15) is 24.2 Å². The zero-order valence-electron chi connectivity index (χ0n) is 13.7. The Labute approximate surface area is 142 Å². The van der Waals surface area contributed by atoms with E-state index in [4.69, 9.17) is 4.42 Å². The zero-order chi connectivity index (χ0) is 16.8. The average molecular weight is 328 g/mol. The summed E-state index contributed by atoms with van der Waals surface area (Å²) < 4.78 is 5.24. The second-order valence-corrected chi connectivity index (χ2v) is 6.34. The third-order valence-corrected chi connectivity index (χ3v) is 4.45. The Bertz CT molecular complexity index is 627. The summed E-state index contributed by atoms with van der Waals surface area (Å²) in [6.45, 7) is 2.02. The molecule has 128 valence electrons. The van der Waals surface area contributed by atoms with Crippen LogP contribution in [0, 0.1) is 0 Å². The summed E-state index contributed by atoms with van der Waals surface area (Å²) in [6.07, 6.45) is 3.03. The first-order valence-electron chi connectivity index (χ1n) is 8.46. The summed E-state index contributed by atoms with van der Waals surface area (Å²) in [5.74, 6) is 0.847. The molecule has 2 aromatic rings. The van der Waals surface area contributed by atoms with Crippen LogP contribution in [-0.2, 0) is 17.8 Å². The molecule has 5 nitrogen and oxygen atoms in total. The van der Waals surface area contributed by atoms with E-state index < -0.39 is 0 Å². The largest absolute Gasteiger partial charge is 0.469 e. The van der Waals surface area contributed by atoms with Gasteiger partial charge in [-0.2, -0.15) is 0 Å². The fourth-order valence-electron chi connectivity index (χ4n) is 3.19. The summed E-state index contributed by atoms with van der Waals surface area (Å²) in [5, 5.41) is 13.0. The van der Waals surface area contributed by atoms with Gasteiger partial charge < -0.3 is 14.8 Å². The van der Waals surface area contributed by atoms with Crippen molar-refractivity contribution in [3.05, 3.63) is 60.1 Å². The van der Waals surface area contributed by atoms with Crippen molar-refractivity contribution in [1.82, 2.24) is 10.2 Å². The van der Waals surface area contributed by atoms with Gasteiger partial charge in [-0.3, -0.25) is 9.69 Å². The number of carbonyl (C=O) groups excluding carboxylic acids is 1. The van der Waals surface area contributed by atoms with Crippen molar-refractivity contribution >= 4 is 5.91 Å². The maximum Gasteiger partial charge on any atom is 0.220 e. The predicted molar refractivity (Wildman–Crippen MR) is 91.3 cm³/mol. The number of benzene rings is 1. The fourth-order valence-corrected chi connectivity index (χ4v) is 3.19. The number of hydrogen-bond acceptors (Lipinski definition) is 4. The molecule has 1 saturated heterocycles. The number of carbonyl (C=O) groups is 1. The van der Waals surface area contributed by atoms with E-state index in [-0.39, 0.29) is 18.1 Å². The molecule has 1 aliphatic heterocycles. The Morgan fingerprint density at radius 1 is 1.25 bits per heavy atom. The molecule has 0 radical (unpaired) electrons. The van der Waals surface area contributed by atoms with Crippen molar-refractivity contribution in [2.24, 2.45) is 0 Å². The maximum atomic E-state index is 12.0. The van der Waals surface area contributed by atoms with E-state index in [1.54, 1.807) is 6.26 Å². The SMILES string of the molecule is O=C(CCc1ccco1)NCC1CC(O)CN1Cc1ccccc1. The summed E-state index contributed by atoms with van der Waals surface area (Å²) in [4.78, 5) is 14.3. The highest BCUT2D eigenvalue weighted by Crippen LogP contribution is 2.20. The number of aryl methyl sites for hydroxylation is 1. The van der Waals surface area contributed by atoms with Crippen molar-refractivity contribution in [2.75, 3.05) is 13.1 Å². The highest BCUT2D eigenvalue weighted by Gasteiger charge is 2.30. The van der Waals surface area contributed by atoms with Gasteiger partial charge in [-0.1, -0.05) is 30.3 Å². The molecule has 1 fully saturated rings. The molecule has 24 heavy (non-hydrogen) atoms. The molecule has 0 aliphatic carbocycles. The van der Waals surface area contributed by atoms with Gasteiger partial charge in [0, 0.05) is 38.5 Å². The Balaban J connectivity index is 1.46. The van der Waals surface area contributed by atoms with Gasteiger partial charge in [0.1, 0.15) is 5.76 Å². The summed E-state index contributed by atoms with van der Waals surface area (Å²) >= 11 is 0. The first-order chi connectivity index (χ1) is 11.7. The molecule has 2 heterocycles. The van der Waals surface area contributed by atoms with E-state index in [0.717, 1.165) is 12.3 Å². The number of aliphatic hydroxyl groups excluding tert-OH is 1. The summed E-state index contributed by atoms with van der Waals surface area (Å²) in [6, 6.07) is 14.1. The molecule has 0 bridgehead atoms. The molecule has 0 spiro atoms. The predicted octanol–water partition coefficient (Wildman–Crippen LogP) is 1.96. The maximum absolute atomic E-state index is 12.0. The molecule has 1 amide bonds. The molecule has 2 atom stereocenters. The summed E-state index contributed by atoms with van der Waals surface area (Å²) in [5.41, 5.74) is 1.22. The number of nitrogens with one attached hydrogen (secondary N) is 1. The van der Waals surface area contributed by atoms with Gasteiger partial charge in [-0.05, 0) is 24.1 Å². The van der Waals surface area contributed by atoms with E-state index in [9.17, 15) is 9.90 Å². The van der Waals surface area contributed by atoms with Crippen LogP contribution in [-0.4, -0.2) is 41.1 Å². The van der Waals surface area contributed by atoms with Crippen molar-refractivity contribution in [3.63, 3.8) is 0 Å². The highest BCUT2D eigenvalue weighted by molar-refractivity contribution is 5.76. The van der Waals surface area contributed by atoms with Crippen molar-refractivity contribution in [2.45, 2.75) is 38.0 Å². The fraction of sp³-hybridized carbons (Fsp3) is 0.421. The van der Waals surface area contributed by atoms with Crippen LogP contribution >= 0.6 is 0 Å². The van der Waals surface area contributed by atoms with E-state index >= 15 is 0 Å². The minimum Gasteiger partial charge on any atom is -0.469 e. The third-order valence-electron chi connectivity index (χ3n) is 4.45. The first kappa shape index (κ1) is 16.7. The minimum atomic E-state index is -0.321. The Morgan fingerprint density at radius 2 is 2.08 bits per heavy atom. The smallest absolute Gasteiger partial charge is 0.220 e. The second kappa shape index (κ2) is 8.13. The number of rotatable bonds is 7. The van der Waals surface area contributed by atoms with E-state index in [2.05, 4.69) is 22.3 Å². The van der Waals surface area contributed by atoms with Gasteiger partial charge in [0.2, 0.25) is 5.91 Å². The molecule has 1 aromatic carbocycles. The number of amides is 1. The number of β-amino-alcohol motifs (C(OH)–C–C–N with tert-alkyl or cyclic N) is 1. The van der Waals surface area contributed by atoms with Crippen LogP contribution in [0.3, 0.4) is 0 Å². The van der Waals surface area contributed by atoms with Gasteiger partial charge in [0.25, 0.3) is 0 Å². The molecule has 5 heteroatoms. The van der Waals surface area contributed by atoms with Crippen LogP contribution in [0.5, 0.6) is 0 Å². The molecular weight excluding hydrogens is 304 g/mol. The van der Waals surface area contributed by atoms with Gasteiger partial charge in [0.05, 0.1) is 12.4 Å². The molecule has 1 aliphatic rings. The van der Waals surface area contributed by atoms with Crippen LogP contribution in [0.15, 0.2) is 53.1 Å². The second-order valence-electron chi connectivity index (χ2n) is 6.34. The quantitative estimate of drug-likeness (QED) is 0.815. The number of nitrogens with zero attached hydrogens (tertiary/aromatic N) is 1. The lowest BCUT2D eigenvalue weighted by atomic mass is 10.1. The normalized spacial score (nSPS) is 21.0. The molecule has 3 rings (SSSR count). The molecule has 2 N–H and O–H groups in total. The number of furan rings is 1. The van der Waals surface area contributed by atoms with Crippen molar-refractivity contribution in [1.29, 1.82) is 0 Å². The summed E-state index contributed by atoms with van der Waals surface area (Å²) in [7, 11) is 0. The average Bonchev–Trinajstić information content (AvgIpc) is 3.22. The first-order valence-corrected chi connectivity index (χ1v) is 8.46. The number of hydrogen-bond donors (Lipinski definition) is 2. The van der Waals surface area contributed by atoms with E-state index in [1.165, 1.54) is 5.56 Å². The molecule has 0 saturated carbocycles. The number of likely N-dealkylation sites (tertiary alicyclic amines) is 1. The lowest BCUT2D eigenvalue weighted by molar-refractivity contribution is -0.121. The zero-order valence-corrected chi connectivity index (χ0v) is 13.7. The van der Waals surface area contributed by atoms with Gasteiger partial charge in [-0.15, -0.1) is 0 Å². The van der Waals surface area contributed by atoms with Crippen LogP contribution in [0.25, 0.3) is 0 Å². The van der Waals surface area contributed by atoms with Crippen LogP contribution < -0.4 is 5.32 Å². The van der Waals surface area contributed by atoms with E-state index in [1.807, 2.05) is 30.3 Å². The Hall–Kier alpha value is -2.11. The van der Waals surface area contributed by atoms with Crippen LogP contribution in [0.2, 0.25) is 0 Å². The van der Waals surface area contributed by atoms with Gasteiger partial charge in [-0.25, -0.2) is 0 Å². The van der Waals surface area contributed by atoms with E-state index in [0.29, 0.717) is 32.4 Å². The Kier molecular flexibility index (Phi) is 5.67. The lowest BCUT2D eigenvalue weighted by Gasteiger charge is -2.24. The third kappa shape index (κ3) is 4.69. The lowest BCUT2D eigenvalue weighted by Crippen LogP contribution is -2.39. The monoisotopic (exact) mass is 328 g/mol. The molecule has 2 unspecified atom stereocenters. The number of aliphatic hydroxyl groups is 1. The van der Waals surface area contributed by atoms with Crippen molar-refractivity contribution in [3.8, 4) is 0 Å². The topological polar surface area (TPSA) is 65.7 Å². The van der Waals surface area contributed by atoms with Gasteiger partial charge >= 0.3 is 0 Å². The highest BCUT2D eigenvalue weighted by atomic mass is 16.3. The van der Waals surface area contributed by atoms with Crippen LogP contribution in [0.4, 0.5) is 0 Å². The minimum absolute atomic E-state index is 0.0208. The molecule has 1 aromatic heterocycles. The molecular formula is C19H24N2O3.